The molecule has 0 fully saturated rings. The summed E-state index contributed by atoms with van der Waals surface area (Å²) >= 11 is 0. The number of rotatable bonds is 6. The number of benzene rings is 1. The Balaban J connectivity index is 1.62. The Hall–Kier alpha value is -3.48. The van der Waals surface area contributed by atoms with E-state index in [1.807, 2.05) is 50.4 Å². The molecular formula is C20H21N5O2. The summed E-state index contributed by atoms with van der Waals surface area (Å²) in [6, 6.07) is 9.14. The van der Waals surface area contributed by atoms with Crippen molar-refractivity contribution in [2.75, 3.05) is 17.2 Å². The van der Waals surface area contributed by atoms with Crippen LogP contribution in [0.2, 0.25) is 0 Å². The number of hydrogen-bond acceptors (Lipinski definition) is 5. The molecule has 138 valence electrons. The molecule has 2 aromatic heterocycles. The van der Waals surface area contributed by atoms with Gasteiger partial charge in [-0.3, -0.25) is 15.3 Å². The Kier molecular flexibility index (Phi) is 5.94. The van der Waals surface area contributed by atoms with Crippen molar-refractivity contribution >= 4 is 17.5 Å². The molecule has 2 N–H and O–H groups in total. The lowest BCUT2D eigenvalue weighted by Crippen LogP contribution is -2.21. The molecule has 0 unspecified atom stereocenters. The number of carbonyl (C=O) groups excluding carboxylic acids is 1. The predicted octanol–water partition coefficient (Wildman–Crippen LogP) is 3.75. The molecular weight excluding hydrogens is 342 g/mol. The zero-order valence-corrected chi connectivity index (χ0v) is 15.3. The van der Waals surface area contributed by atoms with E-state index in [1.165, 1.54) is 6.20 Å². The molecule has 0 spiro atoms. The van der Waals surface area contributed by atoms with Crippen LogP contribution in [0.3, 0.4) is 0 Å². The lowest BCUT2D eigenvalue weighted by Gasteiger charge is -2.14. The first kappa shape index (κ1) is 18.3. The summed E-state index contributed by atoms with van der Waals surface area (Å²) in [5, 5.41) is 5.47. The number of urea groups is 1. The summed E-state index contributed by atoms with van der Waals surface area (Å²) in [7, 11) is 0. The Morgan fingerprint density at radius 3 is 2.70 bits per heavy atom. The minimum absolute atomic E-state index is 0.379. The van der Waals surface area contributed by atoms with Crippen molar-refractivity contribution in [3.63, 3.8) is 0 Å². The molecule has 27 heavy (non-hydrogen) atoms. The van der Waals surface area contributed by atoms with Crippen LogP contribution < -0.4 is 15.4 Å². The maximum Gasteiger partial charge on any atom is 0.324 e. The number of nitrogens with zero attached hydrogens (tertiary/aromatic N) is 3. The number of carbonyl (C=O) groups is 1. The van der Waals surface area contributed by atoms with Crippen LogP contribution in [0, 0.1) is 13.8 Å². The van der Waals surface area contributed by atoms with Gasteiger partial charge in [0.05, 0.1) is 30.4 Å². The van der Waals surface area contributed by atoms with E-state index < -0.39 is 6.03 Å². The quantitative estimate of drug-likeness (QED) is 0.696. The van der Waals surface area contributed by atoms with Gasteiger partial charge < -0.3 is 10.1 Å². The first-order valence-corrected chi connectivity index (χ1v) is 8.59. The van der Waals surface area contributed by atoms with E-state index in [1.54, 1.807) is 12.4 Å². The number of aromatic nitrogens is 3. The molecule has 0 atom stereocenters. The largest absolute Gasteiger partial charge is 0.491 e. The first-order chi connectivity index (χ1) is 13.1. The van der Waals surface area contributed by atoms with Crippen LogP contribution in [-0.2, 0) is 6.42 Å². The van der Waals surface area contributed by atoms with E-state index >= 15 is 0 Å². The monoisotopic (exact) mass is 363 g/mol. The summed E-state index contributed by atoms with van der Waals surface area (Å²) in [4.78, 5) is 24.6. The average Bonchev–Trinajstić information content (AvgIpc) is 2.66. The van der Waals surface area contributed by atoms with Gasteiger partial charge in [-0.2, -0.15) is 0 Å². The molecule has 0 aliphatic rings. The molecule has 0 aliphatic carbocycles. The molecule has 0 bridgehead atoms. The molecule has 2 heterocycles. The molecule has 7 heteroatoms. The fourth-order valence-electron chi connectivity index (χ4n) is 2.42. The highest BCUT2D eigenvalue weighted by Gasteiger charge is 2.10. The van der Waals surface area contributed by atoms with Crippen molar-refractivity contribution in [3.8, 4) is 5.75 Å². The minimum atomic E-state index is -0.407. The zero-order chi connectivity index (χ0) is 19.1. The van der Waals surface area contributed by atoms with E-state index in [0.717, 1.165) is 23.2 Å². The fourth-order valence-corrected chi connectivity index (χ4v) is 2.42. The van der Waals surface area contributed by atoms with Crippen LogP contribution in [0.1, 0.15) is 16.8 Å². The molecule has 1 aromatic carbocycles. The highest BCUT2D eigenvalue weighted by atomic mass is 16.5. The van der Waals surface area contributed by atoms with Crippen LogP contribution in [0.4, 0.5) is 16.3 Å². The van der Waals surface area contributed by atoms with Crippen molar-refractivity contribution < 1.29 is 9.53 Å². The van der Waals surface area contributed by atoms with Gasteiger partial charge in [-0.1, -0.05) is 12.1 Å². The van der Waals surface area contributed by atoms with Crippen LogP contribution in [0.25, 0.3) is 0 Å². The second-order valence-electron chi connectivity index (χ2n) is 6.08. The Labute approximate surface area is 157 Å². The van der Waals surface area contributed by atoms with Gasteiger partial charge in [0, 0.05) is 18.8 Å². The van der Waals surface area contributed by atoms with E-state index in [2.05, 4.69) is 25.6 Å². The number of ether oxygens (including phenoxy) is 1. The van der Waals surface area contributed by atoms with E-state index in [9.17, 15) is 4.79 Å². The van der Waals surface area contributed by atoms with Crippen LogP contribution >= 0.6 is 0 Å². The first-order valence-electron chi connectivity index (χ1n) is 8.59. The summed E-state index contributed by atoms with van der Waals surface area (Å²) in [5.41, 5.74) is 3.48. The topological polar surface area (TPSA) is 89.0 Å². The Bertz CT molecular complexity index is 898. The molecule has 7 nitrogen and oxygen atoms in total. The predicted molar refractivity (Wildman–Crippen MR) is 104 cm³/mol. The van der Waals surface area contributed by atoms with Gasteiger partial charge in [0.1, 0.15) is 5.75 Å². The Morgan fingerprint density at radius 1 is 1.07 bits per heavy atom. The fraction of sp³-hybridized carbons (Fsp3) is 0.200. The number of hydrogen-bond donors (Lipinski definition) is 2. The van der Waals surface area contributed by atoms with Gasteiger partial charge in [0.2, 0.25) is 0 Å². The zero-order valence-electron chi connectivity index (χ0n) is 15.3. The molecule has 0 saturated heterocycles. The van der Waals surface area contributed by atoms with Crippen LogP contribution in [-0.4, -0.2) is 27.6 Å². The summed E-state index contributed by atoms with van der Waals surface area (Å²) in [6.45, 7) is 4.27. The third-order valence-corrected chi connectivity index (χ3v) is 3.78. The summed E-state index contributed by atoms with van der Waals surface area (Å²) in [5.74, 6) is 0.986. The molecule has 3 rings (SSSR count). The van der Waals surface area contributed by atoms with Crippen molar-refractivity contribution in [3.05, 3.63) is 71.9 Å². The number of pyridine rings is 1. The number of anilines is 2. The SMILES string of the molecule is Cc1ccc(OCCc2cccnc2)c(NC(=O)Nc2cnc(C)cn2)c1. The lowest BCUT2D eigenvalue weighted by atomic mass is 10.2. The maximum atomic E-state index is 12.3. The highest BCUT2D eigenvalue weighted by Crippen LogP contribution is 2.26. The Morgan fingerprint density at radius 2 is 1.96 bits per heavy atom. The number of nitrogens with one attached hydrogen (secondary N) is 2. The van der Waals surface area contributed by atoms with E-state index in [0.29, 0.717) is 23.9 Å². The third-order valence-electron chi connectivity index (χ3n) is 3.78. The van der Waals surface area contributed by atoms with Crippen LogP contribution in [0.5, 0.6) is 5.75 Å². The minimum Gasteiger partial charge on any atom is -0.491 e. The van der Waals surface area contributed by atoms with Crippen molar-refractivity contribution in [2.24, 2.45) is 0 Å². The second-order valence-corrected chi connectivity index (χ2v) is 6.08. The highest BCUT2D eigenvalue weighted by molar-refractivity contribution is 6.00. The standard InChI is InChI=1S/C20H21N5O2/c1-14-5-6-18(27-9-7-16-4-3-8-21-12-16)17(10-14)24-20(26)25-19-13-22-15(2)11-23-19/h3-6,8,10-13H,7,9H2,1-2H3,(H2,23,24,25,26). The average molecular weight is 363 g/mol. The van der Waals surface area contributed by atoms with Crippen molar-refractivity contribution in [1.82, 2.24) is 15.0 Å². The summed E-state index contributed by atoms with van der Waals surface area (Å²) < 4.78 is 5.86. The van der Waals surface area contributed by atoms with Gasteiger partial charge in [0.15, 0.2) is 5.82 Å². The lowest BCUT2D eigenvalue weighted by molar-refractivity contribution is 0.261. The molecule has 0 radical (unpaired) electrons. The van der Waals surface area contributed by atoms with E-state index in [4.69, 9.17) is 4.74 Å². The molecule has 3 aromatic rings. The van der Waals surface area contributed by atoms with Gasteiger partial charge in [-0.05, 0) is 43.2 Å². The van der Waals surface area contributed by atoms with E-state index in [-0.39, 0.29) is 0 Å². The summed E-state index contributed by atoms with van der Waals surface area (Å²) in [6.07, 6.45) is 7.38. The molecule has 2 amide bonds. The second kappa shape index (κ2) is 8.75. The number of aryl methyl sites for hydroxylation is 2. The molecule has 0 saturated carbocycles. The van der Waals surface area contributed by atoms with Gasteiger partial charge in [-0.15, -0.1) is 0 Å². The van der Waals surface area contributed by atoms with Crippen LogP contribution in [0.15, 0.2) is 55.1 Å². The van der Waals surface area contributed by atoms with Crippen molar-refractivity contribution in [1.29, 1.82) is 0 Å². The third kappa shape index (κ3) is 5.50. The molecule has 0 aliphatic heterocycles. The van der Waals surface area contributed by atoms with Crippen molar-refractivity contribution in [2.45, 2.75) is 20.3 Å². The van der Waals surface area contributed by atoms with Gasteiger partial charge >= 0.3 is 6.03 Å². The maximum absolute atomic E-state index is 12.3. The smallest absolute Gasteiger partial charge is 0.324 e. The van der Waals surface area contributed by atoms with Gasteiger partial charge in [0.25, 0.3) is 0 Å². The normalized spacial score (nSPS) is 10.3. The number of amides is 2. The van der Waals surface area contributed by atoms with Gasteiger partial charge in [-0.25, -0.2) is 9.78 Å².